The van der Waals surface area contributed by atoms with Crippen LogP contribution in [0.5, 0.6) is 0 Å². The van der Waals surface area contributed by atoms with Crippen molar-refractivity contribution >= 4 is 5.82 Å². The van der Waals surface area contributed by atoms with E-state index in [1.807, 2.05) is 17.8 Å². The van der Waals surface area contributed by atoms with Gasteiger partial charge in [-0.05, 0) is 0 Å². The Morgan fingerprint density at radius 2 is 2.42 bits per heavy atom. The Labute approximate surface area is 69.2 Å². The molecule has 0 aliphatic rings. The summed E-state index contributed by atoms with van der Waals surface area (Å²) >= 11 is 0. The molecule has 2 aromatic rings. The summed E-state index contributed by atoms with van der Waals surface area (Å²) in [4.78, 5) is 4.14. The molecular formula is C7H9N5. The number of aryl methyl sites for hydroxylation is 1. The van der Waals surface area contributed by atoms with Gasteiger partial charge in [-0.1, -0.05) is 0 Å². The SMILES string of the molecule is Cn1ccnc1-c1cc(N)n[nH]1. The molecule has 2 heterocycles. The van der Waals surface area contributed by atoms with Crippen molar-refractivity contribution in [3.63, 3.8) is 0 Å². The number of aromatic amines is 1. The first-order chi connectivity index (χ1) is 5.77. The normalized spacial score (nSPS) is 10.4. The first-order valence-electron chi connectivity index (χ1n) is 3.56. The molecule has 0 bridgehead atoms. The summed E-state index contributed by atoms with van der Waals surface area (Å²) in [6.07, 6.45) is 3.60. The average Bonchev–Trinajstić information content (AvgIpc) is 2.58. The number of hydrogen-bond acceptors (Lipinski definition) is 3. The van der Waals surface area contributed by atoms with Crippen molar-refractivity contribution in [3.05, 3.63) is 18.5 Å². The third-order valence-corrected chi connectivity index (χ3v) is 1.66. The molecule has 0 aromatic carbocycles. The zero-order valence-electron chi connectivity index (χ0n) is 6.65. The molecule has 0 fully saturated rings. The fraction of sp³-hybridized carbons (Fsp3) is 0.143. The molecule has 0 unspecified atom stereocenters. The first kappa shape index (κ1) is 6.90. The second-order valence-electron chi connectivity index (χ2n) is 2.57. The van der Waals surface area contributed by atoms with Crippen molar-refractivity contribution in [2.24, 2.45) is 7.05 Å². The summed E-state index contributed by atoms with van der Waals surface area (Å²) in [5, 5.41) is 6.60. The zero-order valence-corrected chi connectivity index (χ0v) is 6.65. The second kappa shape index (κ2) is 2.37. The Bertz CT molecular complexity index is 386. The number of H-pyrrole nitrogens is 1. The van der Waals surface area contributed by atoms with Gasteiger partial charge in [0.1, 0.15) is 11.5 Å². The number of imidazole rings is 1. The third kappa shape index (κ3) is 0.952. The maximum atomic E-state index is 5.46. The highest BCUT2D eigenvalue weighted by molar-refractivity contribution is 5.54. The van der Waals surface area contributed by atoms with Crippen molar-refractivity contribution in [2.75, 3.05) is 5.73 Å². The lowest BCUT2D eigenvalue weighted by atomic mass is 10.4. The molecule has 5 heteroatoms. The fourth-order valence-corrected chi connectivity index (χ4v) is 1.08. The Morgan fingerprint density at radius 1 is 1.58 bits per heavy atom. The summed E-state index contributed by atoms with van der Waals surface area (Å²) in [7, 11) is 1.92. The fourth-order valence-electron chi connectivity index (χ4n) is 1.08. The monoisotopic (exact) mass is 163 g/mol. The largest absolute Gasteiger partial charge is 0.382 e. The quantitative estimate of drug-likeness (QED) is 0.638. The van der Waals surface area contributed by atoms with Crippen LogP contribution in [0.25, 0.3) is 11.5 Å². The van der Waals surface area contributed by atoms with E-state index < -0.39 is 0 Å². The highest BCUT2D eigenvalue weighted by Gasteiger charge is 2.04. The van der Waals surface area contributed by atoms with E-state index in [1.165, 1.54) is 0 Å². The Kier molecular flexibility index (Phi) is 1.36. The molecule has 2 rings (SSSR count). The van der Waals surface area contributed by atoms with Crippen LogP contribution in [-0.2, 0) is 7.05 Å². The van der Waals surface area contributed by atoms with E-state index in [4.69, 9.17) is 5.73 Å². The number of nitrogens with two attached hydrogens (primary N) is 1. The molecule has 0 saturated carbocycles. The summed E-state index contributed by atoms with van der Waals surface area (Å²) in [6, 6.07) is 1.75. The Hall–Kier alpha value is -1.78. The lowest BCUT2D eigenvalue weighted by molar-refractivity contribution is 0.913. The number of hydrogen-bond donors (Lipinski definition) is 2. The molecule has 2 aromatic heterocycles. The summed E-state index contributed by atoms with van der Waals surface area (Å²) in [6.45, 7) is 0. The number of nitrogen functional groups attached to an aromatic ring is 1. The minimum Gasteiger partial charge on any atom is -0.382 e. The predicted octanol–water partition coefficient (Wildman–Crippen LogP) is 0.392. The first-order valence-corrected chi connectivity index (χ1v) is 3.56. The molecule has 3 N–H and O–H groups in total. The summed E-state index contributed by atoms with van der Waals surface area (Å²) in [5.41, 5.74) is 6.29. The molecule has 12 heavy (non-hydrogen) atoms. The van der Waals surface area contributed by atoms with Gasteiger partial charge in [-0.15, -0.1) is 0 Å². The molecule has 0 aliphatic heterocycles. The maximum Gasteiger partial charge on any atom is 0.157 e. The van der Waals surface area contributed by atoms with E-state index in [1.54, 1.807) is 12.3 Å². The van der Waals surface area contributed by atoms with Crippen molar-refractivity contribution in [3.8, 4) is 11.5 Å². The van der Waals surface area contributed by atoms with E-state index in [2.05, 4.69) is 15.2 Å². The van der Waals surface area contributed by atoms with Crippen LogP contribution in [0.15, 0.2) is 18.5 Å². The topological polar surface area (TPSA) is 72.5 Å². The van der Waals surface area contributed by atoms with Crippen LogP contribution in [0.1, 0.15) is 0 Å². The van der Waals surface area contributed by atoms with Gasteiger partial charge in [0.25, 0.3) is 0 Å². The number of anilines is 1. The molecule has 0 saturated heterocycles. The molecule has 0 radical (unpaired) electrons. The standard InChI is InChI=1S/C7H9N5/c1-12-3-2-9-7(12)5-4-6(8)11-10-5/h2-4H,1H3,(H3,8,10,11). The maximum absolute atomic E-state index is 5.46. The van der Waals surface area contributed by atoms with E-state index in [9.17, 15) is 0 Å². The molecule has 0 atom stereocenters. The van der Waals surface area contributed by atoms with Crippen molar-refractivity contribution in [2.45, 2.75) is 0 Å². The van der Waals surface area contributed by atoms with E-state index >= 15 is 0 Å². The van der Waals surface area contributed by atoms with Crippen LogP contribution < -0.4 is 5.73 Å². The average molecular weight is 163 g/mol. The molecule has 5 nitrogen and oxygen atoms in total. The Morgan fingerprint density at radius 3 is 2.92 bits per heavy atom. The Balaban J connectivity index is 2.50. The zero-order chi connectivity index (χ0) is 8.55. The number of rotatable bonds is 1. The summed E-state index contributed by atoms with van der Waals surface area (Å²) < 4.78 is 1.90. The van der Waals surface area contributed by atoms with Gasteiger partial charge in [0.2, 0.25) is 0 Å². The lowest BCUT2D eigenvalue weighted by Crippen LogP contribution is -1.90. The van der Waals surface area contributed by atoms with Gasteiger partial charge in [0.15, 0.2) is 5.82 Å². The minimum absolute atomic E-state index is 0.480. The van der Waals surface area contributed by atoms with Gasteiger partial charge in [-0.3, -0.25) is 5.10 Å². The predicted molar refractivity (Wildman–Crippen MR) is 45.2 cm³/mol. The highest BCUT2D eigenvalue weighted by Crippen LogP contribution is 2.14. The molecule has 0 amide bonds. The van der Waals surface area contributed by atoms with E-state index in [0.717, 1.165) is 11.5 Å². The van der Waals surface area contributed by atoms with Crippen LogP contribution >= 0.6 is 0 Å². The smallest absolute Gasteiger partial charge is 0.157 e. The number of nitrogens with zero attached hydrogens (tertiary/aromatic N) is 3. The lowest BCUT2D eigenvalue weighted by Gasteiger charge is -1.95. The van der Waals surface area contributed by atoms with Crippen LogP contribution in [0.4, 0.5) is 5.82 Å². The molecule has 0 spiro atoms. The van der Waals surface area contributed by atoms with Crippen LogP contribution in [0, 0.1) is 0 Å². The van der Waals surface area contributed by atoms with Crippen molar-refractivity contribution in [1.82, 2.24) is 19.7 Å². The van der Waals surface area contributed by atoms with Gasteiger partial charge < -0.3 is 10.3 Å². The van der Waals surface area contributed by atoms with Gasteiger partial charge in [0.05, 0.1) is 0 Å². The van der Waals surface area contributed by atoms with Gasteiger partial charge >= 0.3 is 0 Å². The number of nitrogens with one attached hydrogen (secondary N) is 1. The highest BCUT2D eigenvalue weighted by atomic mass is 15.2. The minimum atomic E-state index is 0.480. The number of aromatic nitrogens is 4. The summed E-state index contributed by atoms with van der Waals surface area (Å²) in [5.74, 6) is 1.31. The van der Waals surface area contributed by atoms with Crippen LogP contribution in [0.2, 0.25) is 0 Å². The van der Waals surface area contributed by atoms with Crippen molar-refractivity contribution < 1.29 is 0 Å². The van der Waals surface area contributed by atoms with Gasteiger partial charge in [-0.2, -0.15) is 5.10 Å². The second-order valence-corrected chi connectivity index (χ2v) is 2.57. The van der Waals surface area contributed by atoms with Gasteiger partial charge in [-0.25, -0.2) is 4.98 Å². The molecule has 62 valence electrons. The van der Waals surface area contributed by atoms with Crippen LogP contribution in [0.3, 0.4) is 0 Å². The van der Waals surface area contributed by atoms with Crippen molar-refractivity contribution in [1.29, 1.82) is 0 Å². The third-order valence-electron chi connectivity index (χ3n) is 1.66. The van der Waals surface area contributed by atoms with Crippen LogP contribution in [-0.4, -0.2) is 19.7 Å². The van der Waals surface area contributed by atoms with E-state index in [0.29, 0.717) is 5.82 Å². The van der Waals surface area contributed by atoms with E-state index in [-0.39, 0.29) is 0 Å². The molecular weight excluding hydrogens is 154 g/mol. The van der Waals surface area contributed by atoms with Gasteiger partial charge in [0, 0.05) is 25.5 Å². The molecule has 0 aliphatic carbocycles.